The molecular weight excluding hydrogens is 348 g/mol. The summed E-state index contributed by atoms with van der Waals surface area (Å²) in [5.74, 6) is -0.908. The molecule has 1 rings (SSSR count). The average Bonchev–Trinajstić information content (AvgIpc) is 2.57. The van der Waals surface area contributed by atoms with Gasteiger partial charge in [0.05, 0.1) is 6.42 Å². The van der Waals surface area contributed by atoms with Crippen LogP contribution >= 0.6 is 0 Å². The molecular formula is C20H30N2O5. The van der Waals surface area contributed by atoms with Crippen molar-refractivity contribution in [1.29, 1.82) is 0 Å². The van der Waals surface area contributed by atoms with Crippen LogP contribution in [0.3, 0.4) is 0 Å². The maximum absolute atomic E-state index is 12.3. The van der Waals surface area contributed by atoms with Crippen LogP contribution in [0.25, 0.3) is 0 Å². The summed E-state index contributed by atoms with van der Waals surface area (Å²) >= 11 is 0. The van der Waals surface area contributed by atoms with E-state index in [0.717, 1.165) is 5.56 Å². The van der Waals surface area contributed by atoms with Crippen LogP contribution in [0, 0.1) is 5.92 Å². The van der Waals surface area contributed by atoms with Crippen molar-refractivity contribution in [3.63, 3.8) is 0 Å². The second kappa shape index (κ2) is 10.5. The average molecular weight is 378 g/mol. The Kier molecular flexibility index (Phi) is 8.78. The van der Waals surface area contributed by atoms with Crippen molar-refractivity contribution in [1.82, 2.24) is 10.6 Å². The lowest BCUT2D eigenvalue weighted by Gasteiger charge is -2.25. The Morgan fingerprint density at radius 3 is 2.26 bits per heavy atom. The molecule has 0 saturated heterocycles. The zero-order valence-electron chi connectivity index (χ0n) is 16.7. The highest BCUT2D eigenvalue weighted by molar-refractivity contribution is 5.86. The van der Waals surface area contributed by atoms with Gasteiger partial charge in [-0.3, -0.25) is 9.59 Å². The van der Waals surface area contributed by atoms with Crippen molar-refractivity contribution < 1.29 is 23.9 Å². The summed E-state index contributed by atoms with van der Waals surface area (Å²) in [4.78, 5) is 36.0. The van der Waals surface area contributed by atoms with Crippen LogP contribution in [0.5, 0.6) is 0 Å². The first-order valence-electron chi connectivity index (χ1n) is 9.05. The molecule has 7 nitrogen and oxygen atoms in total. The van der Waals surface area contributed by atoms with Crippen LogP contribution in [0.2, 0.25) is 0 Å². The van der Waals surface area contributed by atoms with E-state index < -0.39 is 23.7 Å². The maximum atomic E-state index is 12.3. The van der Waals surface area contributed by atoms with Gasteiger partial charge in [0.15, 0.2) is 0 Å². The molecule has 1 aromatic rings. The second-order valence-corrected chi connectivity index (χ2v) is 7.56. The van der Waals surface area contributed by atoms with E-state index in [9.17, 15) is 14.4 Å². The lowest BCUT2D eigenvalue weighted by Crippen LogP contribution is -2.51. The van der Waals surface area contributed by atoms with Gasteiger partial charge >= 0.3 is 12.1 Å². The van der Waals surface area contributed by atoms with Gasteiger partial charge in [-0.25, -0.2) is 4.79 Å². The van der Waals surface area contributed by atoms with Crippen molar-refractivity contribution in [2.45, 2.75) is 59.3 Å². The second-order valence-electron chi connectivity index (χ2n) is 7.56. The molecule has 0 aliphatic carbocycles. The highest BCUT2D eigenvalue weighted by Gasteiger charge is 2.26. The van der Waals surface area contributed by atoms with Crippen molar-refractivity contribution in [3.8, 4) is 0 Å². The number of hydrogen-bond acceptors (Lipinski definition) is 5. The summed E-state index contributed by atoms with van der Waals surface area (Å²) in [6, 6.07) is 8.60. The van der Waals surface area contributed by atoms with Crippen LogP contribution in [-0.4, -0.2) is 36.2 Å². The smallest absolute Gasteiger partial charge is 0.408 e. The third-order valence-electron chi connectivity index (χ3n) is 3.49. The van der Waals surface area contributed by atoms with E-state index in [1.165, 1.54) is 0 Å². The molecule has 150 valence electrons. The molecule has 0 radical (unpaired) electrons. The quantitative estimate of drug-likeness (QED) is 0.679. The SMILES string of the molecule is CC(C)[C@H](NC(=O)OC(C)(C)C)C(=O)NCCC(=O)OCc1ccccc1. The molecule has 27 heavy (non-hydrogen) atoms. The highest BCUT2D eigenvalue weighted by atomic mass is 16.6. The van der Waals surface area contributed by atoms with Gasteiger partial charge in [0, 0.05) is 6.54 Å². The van der Waals surface area contributed by atoms with Crippen molar-refractivity contribution in [2.24, 2.45) is 5.92 Å². The summed E-state index contributed by atoms with van der Waals surface area (Å²) in [5, 5.41) is 5.22. The van der Waals surface area contributed by atoms with Crippen LogP contribution in [0.15, 0.2) is 30.3 Å². The largest absolute Gasteiger partial charge is 0.461 e. The number of ether oxygens (including phenoxy) is 2. The predicted molar refractivity (Wildman–Crippen MR) is 102 cm³/mol. The van der Waals surface area contributed by atoms with Gasteiger partial charge in [0.2, 0.25) is 5.91 Å². The summed E-state index contributed by atoms with van der Waals surface area (Å²) in [7, 11) is 0. The Labute approximate surface area is 160 Å². The Hall–Kier alpha value is -2.57. The summed E-state index contributed by atoms with van der Waals surface area (Å²) in [6.07, 6.45) is -0.603. The fourth-order valence-corrected chi connectivity index (χ4v) is 2.18. The van der Waals surface area contributed by atoms with Crippen LogP contribution in [0.4, 0.5) is 4.79 Å². The standard InChI is InChI=1S/C20H30N2O5/c1-14(2)17(22-19(25)27-20(3,4)5)18(24)21-12-11-16(23)26-13-15-9-7-6-8-10-15/h6-10,14,17H,11-13H2,1-5H3,(H,21,24)(H,22,25)/t17-/m0/s1. The third-order valence-corrected chi connectivity index (χ3v) is 3.49. The number of carbonyl (C=O) groups is 3. The first kappa shape index (κ1) is 22.5. The first-order valence-corrected chi connectivity index (χ1v) is 9.05. The number of alkyl carbamates (subject to hydrolysis) is 1. The van der Waals surface area contributed by atoms with E-state index in [-0.39, 0.29) is 31.4 Å². The molecule has 0 fully saturated rings. The molecule has 2 N–H and O–H groups in total. The normalized spacial score (nSPS) is 12.2. The molecule has 0 saturated carbocycles. The minimum absolute atomic E-state index is 0.0514. The predicted octanol–water partition coefficient (Wildman–Crippen LogP) is 2.79. The fourth-order valence-electron chi connectivity index (χ4n) is 2.18. The molecule has 1 aromatic carbocycles. The van der Waals surface area contributed by atoms with Gasteiger partial charge in [-0.05, 0) is 32.3 Å². The number of carbonyl (C=O) groups excluding carboxylic acids is 3. The molecule has 1 atom stereocenters. The van der Waals surface area contributed by atoms with E-state index in [1.54, 1.807) is 20.8 Å². The fraction of sp³-hybridized carbons (Fsp3) is 0.550. The molecule has 0 bridgehead atoms. The van der Waals surface area contributed by atoms with Crippen molar-refractivity contribution in [2.75, 3.05) is 6.54 Å². The first-order chi connectivity index (χ1) is 12.6. The molecule has 0 aliphatic rings. The van der Waals surface area contributed by atoms with E-state index in [0.29, 0.717) is 0 Å². The Morgan fingerprint density at radius 1 is 1.07 bits per heavy atom. The van der Waals surface area contributed by atoms with E-state index >= 15 is 0 Å². The number of rotatable bonds is 8. The zero-order chi connectivity index (χ0) is 20.4. The number of amides is 2. The van der Waals surface area contributed by atoms with Gasteiger partial charge in [-0.2, -0.15) is 0 Å². The maximum Gasteiger partial charge on any atom is 0.408 e. The zero-order valence-corrected chi connectivity index (χ0v) is 16.7. The monoisotopic (exact) mass is 378 g/mol. The van der Waals surface area contributed by atoms with Crippen LogP contribution < -0.4 is 10.6 Å². The van der Waals surface area contributed by atoms with Crippen molar-refractivity contribution >= 4 is 18.0 Å². The van der Waals surface area contributed by atoms with Crippen molar-refractivity contribution in [3.05, 3.63) is 35.9 Å². The molecule has 2 amide bonds. The number of hydrogen-bond donors (Lipinski definition) is 2. The van der Waals surface area contributed by atoms with Crippen LogP contribution in [0.1, 0.15) is 46.6 Å². The third kappa shape index (κ3) is 9.63. The van der Waals surface area contributed by atoms with Gasteiger partial charge in [-0.1, -0.05) is 44.2 Å². The van der Waals surface area contributed by atoms with Gasteiger partial charge in [0.25, 0.3) is 0 Å². The minimum Gasteiger partial charge on any atom is -0.461 e. The van der Waals surface area contributed by atoms with Gasteiger partial charge < -0.3 is 20.1 Å². The van der Waals surface area contributed by atoms with Gasteiger partial charge in [0.1, 0.15) is 18.2 Å². The Morgan fingerprint density at radius 2 is 1.70 bits per heavy atom. The lowest BCUT2D eigenvalue weighted by atomic mass is 10.0. The number of nitrogens with one attached hydrogen (secondary N) is 2. The summed E-state index contributed by atoms with van der Waals surface area (Å²) < 4.78 is 10.3. The minimum atomic E-state index is -0.750. The van der Waals surface area contributed by atoms with Crippen LogP contribution in [-0.2, 0) is 25.7 Å². The Balaban J connectivity index is 2.38. The molecule has 0 heterocycles. The Bertz CT molecular complexity index is 623. The molecule has 0 aromatic heterocycles. The molecule has 0 unspecified atom stereocenters. The van der Waals surface area contributed by atoms with Gasteiger partial charge in [-0.15, -0.1) is 0 Å². The molecule has 0 aliphatic heterocycles. The molecule has 7 heteroatoms. The van der Waals surface area contributed by atoms with E-state index in [1.807, 2.05) is 44.2 Å². The van der Waals surface area contributed by atoms with E-state index in [2.05, 4.69) is 10.6 Å². The summed E-state index contributed by atoms with van der Waals surface area (Å²) in [5.41, 5.74) is 0.251. The highest BCUT2D eigenvalue weighted by Crippen LogP contribution is 2.09. The number of benzene rings is 1. The van der Waals surface area contributed by atoms with E-state index in [4.69, 9.17) is 9.47 Å². The number of esters is 1. The molecule has 0 spiro atoms. The summed E-state index contributed by atoms with van der Waals surface area (Å²) in [6.45, 7) is 9.20. The lowest BCUT2D eigenvalue weighted by molar-refractivity contribution is -0.144. The topological polar surface area (TPSA) is 93.7 Å².